The number of rotatable bonds is 16. The number of unbranched alkanes of at least 4 members (excludes halogenated alkanes) is 2. The Morgan fingerprint density at radius 3 is 1.67 bits per heavy atom. The molecule has 6 N–H and O–H groups in total. The number of fused-ring (bicyclic) bond motifs is 2. The number of hydrogen-bond donors (Lipinski definition) is 4. The monoisotopic (exact) mass is 886 g/mol. The highest BCUT2D eigenvalue weighted by Crippen LogP contribution is 2.36. The third kappa shape index (κ3) is 13.7. The van der Waals surface area contributed by atoms with Gasteiger partial charge in [-0.25, -0.2) is 0 Å². The van der Waals surface area contributed by atoms with Crippen LogP contribution in [0, 0.1) is 5.92 Å². The summed E-state index contributed by atoms with van der Waals surface area (Å²) in [5.74, 6) is 0.985. The number of nitrogen functional groups attached to an aromatic ring is 2. The molecule has 4 aromatic rings. The smallest absolute Gasteiger partial charge is 0.320 e. The fourth-order valence-electron chi connectivity index (χ4n) is 7.23. The number of anilines is 6. The molecule has 0 aliphatic carbocycles. The largest absolute Gasteiger partial charge is 0.469 e. The molecule has 0 saturated carbocycles. The summed E-state index contributed by atoms with van der Waals surface area (Å²) in [6.07, 6.45) is 6.21. The first-order valence-corrected chi connectivity index (χ1v) is 20.7. The second-order valence-corrected chi connectivity index (χ2v) is 15.1. The molecule has 2 aromatic carbocycles. The van der Waals surface area contributed by atoms with Crippen molar-refractivity contribution in [1.82, 2.24) is 24.8 Å². The number of carbonyl (C=O) groups is 4. The third-order valence-corrected chi connectivity index (χ3v) is 10.4. The fourth-order valence-corrected chi connectivity index (χ4v) is 7.23. The maximum atomic E-state index is 12.4. The Balaban J connectivity index is 0.000000338. The molecule has 0 spiro atoms. The van der Waals surface area contributed by atoms with Gasteiger partial charge in [-0.05, 0) is 61.5 Å². The van der Waals surface area contributed by atoms with Crippen LogP contribution in [0.25, 0.3) is 0 Å². The number of nitrogens with zero attached hydrogens (tertiary/aromatic N) is 7. The van der Waals surface area contributed by atoms with Crippen molar-refractivity contribution in [2.75, 3.05) is 78.4 Å². The molecule has 64 heavy (non-hydrogen) atoms. The molecular weight excluding hydrogens is 819 g/mol. The molecule has 3 aliphatic heterocycles. The number of aldehydes is 1. The number of methoxy groups -OCH3 is 1. The molecule has 2 aromatic heterocycles. The van der Waals surface area contributed by atoms with Crippen LogP contribution in [0.15, 0.2) is 48.5 Å². The molecule has 1 saturated heterocycles. The molecule has 1 fully saturated rings. The zero-order valence-corrected chi connectivity index (χ0v) is 35.0. The van der Waals surface area contributed by atoms with Gasteiger partial charge < -0.3 is 46.1 Å². The van der Waals surface area contributed by atoms with E-state index in [4.69, 9.17) is 25.7 Å². The number of piperidine rings is 1. The van der Waals surface area contributed by atoms with E-state index in [9.17, 15) is 19.2 Å². The number of hydrogen-bond acceptors (Lipinski definition) is 16. The van der Waals surface area contributed by atoms with E-state index >= 15 is 0 Å². The van der Waals surface area contributed by atoms with Crippen molar-refractivity contribution in [3.63, 3.8) is 0 Å². The van der Waals surface area contributed by atoms with E-state index in [1.807, 2.05) is 23.1 Å². The van der Waals surface area contributed by atoms with Crippen molar-refractivity contribution < 1.29 is 33.4 Å². The van der Waals surface area contributed by atoms with Crippen molar-refractivity contribution in [2.45, 2.75) is 94.3 Å². The van der Waals surface area contributed by atoms with Crippen LogP contribution in [-0.4, -0.2) is 95.4 Å². The molecule has 3 aliphatic rings. The standard InChI is InChI=1S/C25H34N6O4.C18H21N5O3.3CH4/c1-3-4-12-35-25-28-22(26)21-23(29-25)31(16-20(32)27-21)15-18-7-5-6-17(13-18)14-30-10-8-19(9-11-30)24(33)34-2;1-2-3-7-26-18-21-16(19)15-17(22-18)23(10-14(25)20-15)9-12-5-4-6-13(8-12)11-24;;;/h5-7,13,19H,3-4,8-12,14-16H2,1-2H3,(H,27,32)(H2,26,28,29);4-6,8,11H,2-3,7,9-10H2,1H3,(H,20,25)(H2,19,21,22);3*1H4. The van der Waals surface area contributed by atoms with Gasteiger partial charge >= 0.3 is 18.0 Å². The highest BCUT2D eigenvalue weighted by molar-refractivity contribution is 6.04. The number of nitrogens with one attached hydrogen (secondary N) is 2. The van der Waals surface area contributed by atoms with E-state index in [0.29, 0.717) is 54.9 Å². The van der Waals surface area contributed by atoms with Crippen LogP contribution < -0.4 is 41.4 Å². The van der Waals surface area contributed by atoms with Gasteiger partial charge in [-0.3, -0.25) is 24.1 Å². The average Bonchev–Trinajstić information content (AvgIpc) is 3.25. The minimum atomic E-state index is -0.195. The van der Waals surface area contributed by atoms with Crippen molar-refractivity contribution >= 4 is 58.7 Å². The zero-order valence-electron chi connectivity index (χ0n) is 35.0. The van der Waals surface area contributed by atoms with E-state index in [-0.39, 0.29) is 82.7 Å². The minimum absolute atomic E-state index is 0. The fraction of sp³-hybridized carbons (Fsp3) is 0.478. The molecule has 348 valence electrons. The molecule has 0 atom stereocenters. The van der Waals surface area contributed by atoms with Gasteiger partial charge in [0.1, 0.15) is 17.7 Å². The Bertz CT molecular complexity index is 2180. The lowest BCUT2D eigenvalue weighted by Gasteiger charge is -2.31. The first kappa shape index (κ1) is 51.8. The number of esters is 1. The van der Waals surface area contributed by atoms with Gasteiger partial charge in [0.15, 0.2) is 23.3 Å². The predicted molar refractivity (Wildman–Crippen MR) is 252 cm³/mol. The lowest BCUT2D eigenvalue weighted by Crippen LogP contribution is -2.39. The molecule has 5 heterocycles. The van der Waals surface area contributed by atoms with Crippen LogP contribution in [0.5, 0.6) is 12.0 Å². The number of amides is 2. The summed E-state index contributed by atoms with van der Waals surface area (Å²) >= 11 is 0. The summed E-state index contributed by atoms with van der Waals surface area (Å²) in [7, 11) is 1.45. The van der Waals surface area contributed by atoms with Gasteiger partial charge in [0.25, 0.3) is 0 Å². The number of carbonyl (C=O) groups excluding carboxylic acids is 4. The highest BCUT2D eigenvalue weighted by Gasteiger charge is 2.30. The normalized spacial score (nSPS) is 14.4. The van der Waals surface area contributed by atoms with E-state index in [1.54, 1.807) is 23.1 Å². The Morgan fingerprint density at radius 1 is 0.734 bits per heavy atom. The van der Waals surface area contributed by atoms with E-state index in [1.165, 1.54) is 12.7 Å². The summed E-state index contributed by atoms with van der Waals surface area (Å²) in [4.78, 5) is 70.5. The first-order valence-electron chi connectivity index (χ1n) is 20.7. The van der Waals surface area contributed by atoms with Crippen LogP contribution in [0.3, 0.4) is 0 Å². The molecule has 7 rings (SSSR count). The number of ether oxygens (including phenoxy) is 3. The maximum Gasteiger partial charge on any atom is 0.320 e. The summed E-state index contributed by atoms with van der Waals surface area (Å²) in [5, 5.41) is 5.51. The summed E-state index contributed by atoms with van der Waals surface area (Å²) < 4.78 is 16.1. The second kappa shape index (κ2) is 24.9. The zero-order chi connectivity index (χ0) is 43.3. The number of nitrogens with two attached hydrogens (primary N) is 2. The SMILES string of the molecule is C.C.C.CCCCOc1nc(N)c2c(n1)N(Cc1cccc(C=O)c1)CC(=O)N2.CCCCOc1nc(N)c2c(n1)N(Cc1cccc(CN3CCC(C(=O)OC)CC3)c1)CC(=O)N2. The van der Waals surface area contributed by atoms with Gasteiger partial charge in [0, 0.05) is 25.2 Å². The van der Waals surface area contributed by atoms with Gasteiger partial charge in [0.2, 0.25) is 11.8 Å². The highest BCUT2D eigenvalue weighted by atomic mass is 16.5. The van der Waals surface area contributed by atoms with Crippen LogP contribution >= 0.6 is 0 Å². The summed E-state index contributed by atoms with van der Waals surface area (Å²) in [6, 6.07) is 16.0. The Hall–Kier alpha value is -6.56. The number of benzene rings is 2. The lowest BCUT2D eigenvalue weighted by molar-refractivity contribution is -0.147. The third-order valence-electron chi connectivity index (χ3n) is 10.4. The van der Waals surface area contributed by atoms with Crippen molar-refractivity contribution in [3.8, 4) is 12.0 Å². The quantitative estimate of drug-likeness (QED) is 0.0534. The summed E-state index contributed by atoms with van der Waals surface area (Å²) in [6.45, 7) is 8.91. The van der Waals surface area contributed by atoms with Gasteiger partial charge in [-0.15, -0.1) is 0 Å². The maximum absolute atomic E-state index is 12.4. The molecule has 18 heteroatoms. The summed E-state index contributed by atoms with van der Waals surface area (Å²) in [5.41, 5.74) is 16.6. The average molecular weight is 886 g/mol. The molecule has 2 amide bonds. The Labute approximate surface area is 377 Å². The lowest BCUT2D eigenvalue weighted by atomic mass is 9.96. The van der Waals surface area contributed by atoms with Crippen molar-refractivity contribution in [2.24, 2.45) is 5.92 Å². The second-order valence-electron chi connectivity index (χ2n) is 15.1. The van der Waals surface area contributed by atoms with Crippen LogP contribution in [0.4, 0.5) is 34.6 Å². The number of likely N-dealkylation sites (tertiary alicyclic amines) is 1. The first-order chi connectivity index (χ1) is 29.6. The van der Waals surface area contributed by atoms with E-state index in [2.05, 4.69) is 61.4 Å². The predicted octanol–water partition coefficient (Wildman–Crippen LogP) is 6.50. The number of aromatic nitrogens is 4. The van der Waals surface area contributed by atoms with Crippen LogP contribution in [0.2, 0.25) is 0 Å². The van der Waals surface area contributed by atoms with E-state index in [0.717, 1.165) is 75.6 Å². The Morgan fingerprint density at radius 2 is 1.20 bits per heavy atom. The Kier molecular flexibility index (Phi) is 20.2. The topological polar surface area (TPSA) is 233 Å². The van der Waals surface area contributed by atoms with Gasteiger partial charge in [-0.1, -0.05) is 91.4 Å². The van der Waals surface area contributed by atoms with Gasteiger partial charge in [0.05, 0.1) is 39.3 Å². The molecule has 18 nitrogen and oxygen atoms in total. The van der Waals surface area contributed by atoms with Crippen molar-refractivity contribution in [1.29, 1.82) is 0 Å². The molecular formula is C46H67N11O7. The van der Waals surface area contributed by atoms with Crippen molar-refractivity contribution in [3.05, 3.63) is 70.8 Å². The van der Waals surface area contributed by atoms with Crippen LogP contribution in [-0.2, 0) is 38.8 Å². The molecule has 0 bridgehead atoms. The molecule has 0 radical (unpaired) electrons. The minimum Gasteiger partial charge on any atom is -0.469 e. The van der Waals surface area contributed by atoms with Gasteiger partial charge in [-0.2, -0.15) is 19.9 Å². The van der Waals surface area contributed by atoms with Crippen LogP contribution in [0.1, 0.15) is 102 Å². The van der Waals surface area contributed by atoms with E-state index < -0.39 is 0 Å². The molecule has 0 unspecified atom stereocenters.